The van der Waals surface area contributed by atoms with E-state index < -0.39 is 12.0 Å². The first-order valence-electron chi connectivity index (χ1n) is 6.91. The fourth-order valence-electron chi connectivity index (χ4n) is 3.27. The van der Waals surface area contributed by atoms with Crippen LogP contribution < -0.4 is 5.32 Å². The van der Waals surface area contributed by atoms with Crippen molar-refractivity contribution in [3.63, 3.8) is 0 Å². The highest BCUT2D eigenvalue weighted by molar-refractivity contribution is 5.83. The molecule has 0 bridgehead atoms. The Kier molecular flexibility index (Phi) is 4.12. The minimum absolute atomic E-state index is 0.145. The van der Waals surface area contributed by atoms with Crippen LogP contribution >= 0.6 is 0 Å². The van der Waals surface area contributed by atoms with Crippen LogP contribution in [0.3, 0.4) is 0 Å². The van der Waals surface area contributed by atoms with Crippen molar-refractivity contribution in [3.05, 3.63) is 11.6 Å². The molecule has 2 amide bonds. The van der Waals surface area contributed by atoms with E-state index in [0.717, 1.165) is 24.8 Å². The molecule has 1 saturated heterocycles. The van der Waals surface area contributed by atoms with Crippen molar-refractivity contribution >= 4 is 12.0 Å². The number of urea groups is 1. The van der Waals surface area contributed by atoms with Gasteiger partial charge in [-0.1, -0.05) is 18.1 Å². The normalized spacial score (nSPS) is 28.9. The number of allylic oxidation sites excluding steroid dienone is 1. The maximum atomic E-state index is 12.1. The average molecular weight is 266 g/mol. The van der Waals surface area contributed by atoms with Crippen molar-refractivity contribution in [1.82, 2.24) is 10.2 Å². The number of nitrogens with zero attached hydrogens (tertiary/aromatic N) is 1. The third-order valence-electron chi connectivity index (χ3n) is 4.17. The highest BCUT2D eigenvalue weighted by atomic mass is 16.4. The minimum atomic E-state index is -0.869. The van der Waals surface area contributed by atoms with Crippen LogP contribution in [-0.4, -0.2) is 41.1 Å². The Bertz CT molecular complexity index is 401. The number of carboxylic acid groups (broad SMARTS) is 1. The summed E-state index contributed by atoms with van der Waals surface area (Å²) in [5, 5.41) is 12.1. The van der Waals surface area contributed by atoms with E-state index in [1.165, 1.54) is 4.90 Å². The molecular weight excluding hydrogens is 244 g/mol. The van der Waals surface area contributed by atoms with Crippen LogP contribution in [-0.2, 0) is 4.79 Å². The number of aliphatic carboxylic acids is 1. The zero-order valence-electron chi connectivity index (χ0n) is 11.6. The number of nitrogens with one attached hydrogen (secondary N) is 1. The number of carboxylic acids is 1. The summed E-state index contributed by atoms with van der Waals surface area (Å²) >= 11 is 0. The molecule has 3 atom stereocenters. The van der Waals surface area contributed by atoms with Gasteiger partial charge in [0.05, 0.1) is 0 Å². The van der Waals surface area contributed by atoms with Crippen molar-refractivity contribution in [3.8, 4) is 0 Å². The lowest BCUT2D eigenvalue weighted by molar-refractivity contribution is -0.142. The van der Waals surface area contributed by atoms with Crippen LogP contribution in [0.15, 0.2) is 11.6 Å². The van der Waals surface area contributed by atoms with Crippen LogP contribution in [0.5, 0.6) is 0 Å². The standard InChI is InChI=1S/C14H22N2O3/c1-9(2)6-7-15-14(19)16-8-10-4-3-5-11(10)12(16)13(17)18/h6,10-12H,3-5,7-8H2,1-2H3,(H,15,19)(H,17,18). The van der Waals surface area contributed by atoms with Gasteiger partial charge in [-0.3, -0.25) is 0 Å². The van der Waals surface area contributed by atoms with Gasteiger partial charge >= 0.3 is 12.0 Å². The highest BCUT2D eigenvalue weighted by Crippen LogP contribution is 2.42. The van der Waals surface area contributed by atoms with Gasteiger partial charge in [0, 0.05) is 13.1 Å². The van der Waals surface area contributed by atoms with Gasteiger partial charge in [0.25, 0.3) is 0 Å². The predicted octanol–water partition coefficient (Wildman–Crippen LogP) is 1.85. The summed E-state index contributed by atoms with van der Waals surface area (Å²) in [5.74, 6) is -0.353. The molecule has 1 aliphatic heterocycles. The van der Waals surface area contributed by atoms with E-state index in [-0.39, 0.29) is 11.9 Å². The molecule has 0 aromatic rings. The summed E-state index contributed by atoms with van der Waals surface area (Å²) in [4.78, 5) is 25.0. The zero-order chi connectivity index (χ0) is 14.0. The first-order chi connectivity index (χ1) is 9.00. The number of carbonyl (C=O) groups excluding carboxylic acids is 1. The smallest absolute Gasteiger partial charge is 0.326 e. The summed E-state index contributed by atoms with van der Waals surface area (Å²) in [6, 6.07) is -0.890. The number of hydrogen-bond acceptors (Lipinski definition) is 2. The van der Waals surface area contributed by atoms with E-state index in [1.807, 2.05) is 19.9 Å². The van der Waals surface area contributed by atoms with Gasteiger partial charge in [-0.2, -0.15) is 0 Å². The molecule has 106 valence electrons. The molecule has 2 rings (SSSR count). The molecular formula is C14H22N2O3. The van der Waals surface area contributed by atoms with Crippen molar-refractivity contribution < 1.29 is 14.7 Å². The van der Waals surface area contributed by atoms with E-state index in [2.05, 4.69) is 5.32 Å². The molecule has 0 radical (unpaired) electrons. The van der Waals surface area contributed by atoms with Gasteiger partial charge in [-0.05, 0) is 38.5 Å². The molecule has 0 aromatic carbocycles. The largest absolute Gasteiger partial charge is 0.480 e. The van der Waals surface area contributed by atoms with Gasteiger partial charge in [-0.15, -0.1) is 0 Å². The molecule has 2 N–H and O–H groups in total. The molecule has 5 heteroatoms. The fourth-order valence-corrected chi connectivity index (χ4v) is 3.27. The van der Waals surface area contributed by atoms with Crippen LogP contribution in [0.2, 0.25) is 0 Å². The molecule has 1 saturated carbocycles. The number of fused-ring (bicyclic) bond motifs is 1. The minimum Gasteiger partial charge on any atom is -0.480 e. The number of rotatable bonds is 3. The Morgan fingerprint density at radius 3 is 2.74 bits per heavy atom. The van der Waals surface area contributed by atoms with Crippen molar-refractivity contribution in [2.75, 3.05) is 13.1 Å². The Morgan fingerprint density at radius 2 is 2.11 bits per heavy atom. The van der Waals surface area contributed by atoms with E-state index in [9.17, 15) is 14.7 Å². The van der Waals surface area contributed by atoms with Crippen LogP contribution in [0.4, 0.5) is 4.79 Å². The van der Waals surface area contributed by atoms with Crippen LogP contribution in [0.25, 0.3) is 0 Å². The number of carbonyl (C=O) groups is 2. The lowest BCUT2D eigenvalue weighted by Crippen LogP contribution is -2.48. The Labute approximate surface area is 113 Å². The summed E-state index contributed by atoms with van der Waals surface area (Å²) in [6.07, 6.45) is 4.99. The first-order valence-corrected chi connectivity index (χ1v) is 6.91. The van der Waals surface area contributed by atoms with E-state index in [0.29, 0.717) is 19.0 Å². The summed E-state index contributed by atoms with van der Waals surface area (Å²) < 4.78 is 0. The molecule has 0 aromatic heterocycles. The third-order valence-corrected chi connectivity index (χ3v) is 4.17. The molecule has 1 aliphatic carbocycles. The van der Waals surface area contributed by atoms with Gasteiger partial charge in [-0.25, -0.2) is 9.59 Å². The van der Waals surface area contributed by atoms with Crippen molar-refractivity contribution in [2.45, 2.75) is 39.2 Å². The van der Waals surface area contributed by atoms with Crippen LogP contribution in [0, 0.1) is 11.8 Å². The lowest BCUT2D eigenvalue weighted by atomic mass is 9.94. The summed E-state index contributed by atoms with van der Waals surface area (Å²) in [7, 11) is 0. The predicted molar refractivity (Wildman–Crippen MR) is 71.8 cm³/mol. The molecule has 2 fully saturated rings. The van der Waals surface area contributed by atoms with Gasteiger partial charge < -0.3 is 15.3 Å². The van der Waals surface area contributed by atoms with Gasteiger partial charge in [0.1, 0.15) is 6.04 Å². The zero-order valence-corrected chi connectivity index (χ0v) is 11.6. The van der Waals surface area contributed by atoms with Gasteiger partial charge in [0.2, 0.25) is 0 Å². The molecule has 19 heavy (non-hydrogen) atoms. The van der Waals surface area contributed by atoms with Crippen LogP contribution in [0.1, 0.15) is 33.1 Å². The second kappa shape index (κ2) is 5.63. The Hall–Kier alpha value is -1.52. The van der Waals surface area contributed by atoms with E-state index >= 15 is 0 Å². The topological polar surface area (TPSA) is 69.6 Å². The number of likely N-dealkylation sites (tertiary alicyclic amines) is 1. The van der Waals surface area contributed by atoms with Gasteiger partial charge in [0.15, 0.2) is 0 Å². The monoisotopic (exact) mass is 266 g/mol. The highest BCUT2D eigenvalue weighted by Gasteiger charge is 2.49. The maximum Gasteiger partial charge on any atom is 0.326 e. The van der Waals surface area contributed by atoms with E-state index in [1.54, 1.807) is 0 Å². The number of amides is 2. The average Bonchev–Trinajstić information content (AvgIpc) is 2.86. The molecule has 1 heterocycles. The van der Waals surface area contributed by atoms with E-state index in [4.69, 9.17) is 0 Å². The summed E-state index contributed by atoms with van der Waals surface area (Å²) in [6.45, 7) is 4.97. The fraction of sp³-hybridized carbons (Fsp3) is 0.714. The Morgan fingerprint density at radius 1 is 1.37 bits per heavy atom. The SMILES string of the molecule is CC(C)=CCNC(=O)N1CC2CCCC2C1C(=O)O. The molecule has 0 spiro atoms. The Balaban J connectivity index is 2.00. The first kappa shape index (κ1) is 13.9. The summed E-state index contributed by atoms with van der Waals surface area (Å²) in [5.41, 5.74) is 1.13. The number of hydrogen-bond donors (Lipinski definition) is 2. The lowest BCUT2D eigenvalue weighted by Gasteiger charge is -2.24. The quantitative estimate of drug-likeness (QED) is 0.766. The third kappa shape index (κ3) is 2.91. The van der Waals surface area contributed by atoms with Crippen molar-refractivity contribution in [2.24, 2.45) is 11.8 Å². The molecule has 2 aliphatic rings. The molecule has 3 unspecified atom stereocenters. The maximum absolute atomic E-state index is 12.1. The second-order valence-electron chi connectivity index (χ2n) is 5.76. The van der Waals surface area contributed by atoms with Crippen molar-refractivity contribution in [1.29, 1.82) is 0 Å². The second-order valence-corrected chi connectivity index (χ2v) is 5.76. The molecule has 5 nitrogen and oxygen atoms in total.